The van der Waals surface area contributed by atoms with Crippen LogP contribution in [0.2, 0.25) is 5.02 Å². The normalized spacial score (nSPS) is 10.1. The minimum absolute atomic E-state index is 0.274. The summed E-state index contributed by atoms with van der Waals surface area (Å²) in [6.07, 6.45) is 2.92. The van der Waals surface area contributed by atoms with Crippen LogP contribution < -0.4 is 5.32 Å². The third-order valence-corrected chi connectivity index (χ3v) is 2.11. The number of aromatic nitrogens is 2. The third-order valence-electron chi connectivity index (χ3n) is 1.88. The number of halogens is 1. The van der Waals surface area contributed by atoms with Gasteiger partial charge < -0.3 is 9.84 Å². The second kappa shape index (κ2) is 4.76. The molecule has 6 heteroatoms. The predicted molar refractivity (Wildman–Crippen MR) is 56.9 cm³/mol. The monoisotopic (exact) mass is 237 g/mol. The van der Waals surface area contributed by atoms with Crippen LogP contribution in [0.5, 0.6) is 0 Å². The lowest BCUT2D eigenvalue weighted by atomic mass is 10.3. The van der Waals surface area contributed by atoms with E-state index in [0.717, 1.165) is 0 Å². The fourth-order valence-electron chi connectivity index (χ4n) is 1.12. The molecule has 16 heavy (non-hydrogen) atoms. The van der Waals surface area contributed by atoms with Crippen LogP contribution in [0.1, 0.15) is 16.2 Å². The molecule has 0 saturated carbocycles. The van der Waals surface area contributed by atoms with Gasteiger partial charge in [-0.05, 0) is 12.1 Å². The van der Waals surface area contributed by atoms with Crippen molar-refractivity contribution in [3.63, 3.8) is 0 Å². The average molecular weight is 238 g/mol. The van der Waals surface area contributed by atoms with E-state index < -0.39 is 0 Å². The van der Waals surface area contributed by atoms with Gasteiger partial charge in [-0.15, -0.1) is 0 Å². The maximum atomic E-state index is 11.6. The van der Waals surface area contributed by atoms with Crippen molar-refractivity contribution in [2.75, 3.05) is 0 Å². The summed E-state index contributed by atoms with van der Waals surface area (Å²) in [4.78, 5) is 15.5. The molecule has 0 aliphatic rings. The Kier molecular flexibility index (Phi) is 3.16. The Morgan fingerprint density at radius 3 is 3.06 bits per heavy atom. The van der Waals surface area contributed by atoms with Crippen LogP contribution in [0.4, 0.5) is 0 Å². The summed E-state index contributed by atoms with van der Waals surface area (Å²) in [6.45, 7) is 0.295. The van der Waals surface area contributed by atoms with E-state index in [1.54, 1.807) is 12.1 Å². The van der Waals surface area contributed by atoms with Crippen LogP contribution >= 0.6 is 11.6 Å². The maximum Gasteiger partial charge on any atom is 0.270 e. The number of rotatable bonds is 3. The Morgan fingerprint density at radius 2 is 2.38 bits per heavy atom. The number of hydrogen-bond donors (Lipinski definition) is 1. The van der Waals surface area contributed by atoms with E-state index in [9.17, 15) is 4.79 Å². The summed E-state index contributed by atoms with van der Waals surface area (Å²) in [5, 5.41) is 6.78. The van der Waals surface area contributed by atoms with E-state index in [2.05, 4.69) is 20.0 Å². The number of carbonyl (C=O) groups excluding carboxylic acids is 1. The zero-order chi connectivity index (χ0) is 11.4. The molecule has 0 spiro atoms. The summed E-state index contributed by atoms with van der Waals surface area (Å²) < 4.78 is 4.63. The van der Waals surface area contributed by atoms with Gasteiger partial charge in [-0.3, -0.25) is 9.78 Å². The maximum absolute atomic E-state index is 11.6. The molecular weight excluding hydrogens is 230 g/mol. The van der Waals surface area contributed by atoms with E-state index in [0.29, 0.717) is 17.3 Å². The zero-order valence-corrected chi connectivity index (χ0v) is 8.94. The summed E-state index contributed by atoms with van der Waals surface area (Å²) >= 11 is 5.74. The van der Waals surface area contributed by atoms with Gasteiger partial charge in [0.2, 0.25) is 0 Å². The first-order valence-electron chi connectivity index (χ1n) is 4.55. The van der Waals surface area contributed by atoms with Crippen molar-refractivity contribution in [1.29, 1.82) is 0 Å². The highest BCUT2D eigenvalue weighted by molar-refractivity contribution is 6.30. The average Bonchev–Trinajstić information content (AvgIpc) is 2.78. The van der Waals surface area contributed by atoms with Gasteiger partial charge in [-0.25, -0.2) is 0 Å². The van der Waals surface area contributed by atoms with Crippen molar-refractivity contribution in [2.45, 2.75) is 6.54 Å². The van der Waals surface area contributed by atoms with Gasteiger partial charge in [0.25, 0.3) is 5.91 Å². The molecule has 0 fully saturated rings. The first-order chi connectivity index (χ1) is 7.75. The minimum Gasteiger partial charge on any atom is -0.364 e. The molecule has 0 aliphatic heterocycles. The van der Waals surface area contributed by atoms with Crippen molar-refractivity contribution in [3.05, 3.63) is 47.1 Å². The molecule has 0 radical (unpaired) electrons. The van der Waals surface area contributed by atoms with Gasteiger partial charge in [-0.2, -0.15) is 0 Å². The van der Waals surface area contributed by atoms with Crippen LogP contribution in [0, 0.1) is 0 Å². The highest BCUT2D eigenvalue weighted by Gasteiger charge is 2.07. The lowest BCUT2D eigenvalue weighted by Crippen LogP contribution is -2.23. The van der Waals surface area contributed by atoms with Crippen LogP contribution in [0.15, 0.2) is 35.2 Å². The van der Waals surface area contributed by atoms with E-state index in [1.165, 1.54) is 18.5 Å². The van der Waals surface area contributed by atoms with Gasteiger partial charge in [0.05, 0.1) is 6.54 Å². The number of pyridine rings is 1. The first-order valence-corrected chi connectivity index (χ1v) is 4.92. The molecule has 5 nitrogen and oxygen atoms in total. The van der Waals surface area contributed by atoms with Gasteiger partial charge in [0.15, 0.2) is 0 Å². The quantitative estimate of drug-likeness (QED) is 0.882. The molecule has 0 aromatic carbocycles. The topological polar surface area (TPSA) is 68.0 Å². The second-order valence-electron chi connectivity index (χ2n) is 3.03. The molecule has 1 amide bonds. The van der Waals surface area contributed by atoms with Crippen LogP contribution in [-0.2, 0) is 6.54 Å². The Labute approximate surface area is 96.4 Å². The lowest BCUT2D eigenvalue weighted by Gasteiger charge is -2.01. The van der Waals surface area contributed by atoms with Crippen molar-refractivity contribution < 1.29 is 9.32 Å². The molecule has 2 rings (SSSR count). The number of nitrogens with zero attached hydrogens (tertiary/aromatic N) is 2. The largest absolute Gasteiger partial charge is 0.364 e. The molecule has 0 saturated heterocycles. The Balaban J connectivity index is 1.98. The van der Waals surface area contributed by atoms with Crippen molar-refractivity contribution in [2.24, 2.45) is 0 Å². The van der Waals surface area contributed by atoms with E-state index in [-0.39, 0.29) is 11.6 Å². The fourth-order valence-corrected chi connectivity index (χ4v) is 1.28. The Bertz CT molecular complexity index is 485. The fraction of sp³-hybridized carbons (Fsp3) is 0.100. The van der Waals surface area contributed by atoms with Gasteiger partial charge in [0, 0.05) is 17.3 Å². The van der Waals surface area contributed by atoms with E-state index >= 15 is 0 Å². The summed E-state index contributed by atoms with van der Waals surface area (Å²) in [5.41, 5.74) is 0.923. The van der Waals surface area contributed by atoms with Gasteiger partial charge in [-0.1, -0.05) is 16.8 Å². The summed E-state index contributed by atoms with van der Waals surface area (Å²) in [6, 6.07) is 4.78. The highest BCUT2D eigenvalue weighted by atomic mass is 35.5. The second-order valence-corrected chi connectivity index (χ2v) is 3.47. The van der Waals surface area contributed by atoms with Gasteiger partial charge >= 0.3 is 0 Å². The molecule has 2 aromatic rings. The van der Waals surface area contributed by atoms with Crippen LogP contribution in [0.25, 0.3) is 0 Å². The number of nitrogens with one attached hydrogen (secondary N) is 1. The number of carbonyl (C=O) groups is 1. The van der Waals surface area contributed by atoms with Crippen molar-refractivity contribution >= 4 is 17.5 Å². The molecule has 82 valence electrons. The number of amides is 1. The summed E-state index contributed by atoms with van der Waals surface area (Å²) in [7, 11) is 0. The standard InChI is InChI=1S/C10H8ClN3O2/c11-7-1-3-12-9(5-7)10(15)13-6-8-2-4-16-14-8/h1-5H,6H2,(H,13,15). The smallest absolute Gasteiger partial charge is 0.270 e. The Morgan fingerprint density at radius 1 is 1.50 bits per heavy atom. The SMILES string of the molecule is O=C(NCc1ccon1)c1cc(Cl)ccn1. The summed E-state index contributed by atoms with van der Waals surface area (Å²) in [5.74, 6) is -0.300. The van der Waals surface area contributed by atoms with Crippen molar-refractivity contribution in [3.8, 4) is 0 Å². The minimum atomic E-state index is -0.300. The molecule has 2 heterocycles. The van der Waals surface area contributed by atoms with Crippen LogP contribution in [0.3, 0.4) is 0 Å². The zero-order valence-electron chi connectivity index (χ0n) is 8.18. The lowest BCUT2D eigenvalue weighted by molar-refractivity contribution is 0.0945. The molecule has 0 atom stereocenters. The molecular formula is C10H8ClN3O2. The van der Waals surface area contributed by atoms with Crippen LogP contribution in [-0.4, -0.2) is 16.0 Å². The predicted octanol–water partition coefficient (Wildman–Crippen LogP) is 1.65. The molecule has 0 aliphatic carbocycles. The molecule has 2 aromatic heterocycles. The number of hydrogen-bond acceptors (Lipinski definition) is 4. The first kappa shape index (κ1) is 10.6. The van der Waals surface area contributed by atoms with E-state index in [1.807, 2.05) is 0 Å². The third kappa shape index (κ3) is 2.58. The molecule has 0 unspecified atom stereocenters. The van der Waals surface area contributed by atoms with E-state index in [4.69, 9.17) is 11.6 Å². The van der Waals surface area contributed by atoms with Crippen molar-refractivity contribution in [1.82, 2.24) is 15.5 Å². The highest BCUT2D eigenvalue weighted by Crippen LogP contribution is 2.07. The molecule has 1 N–H and O–H groups in total. The molecule has 0 bridgehead atoms. The Hall–Kier alpha value is -1.88. The van der Waals surface area contributed by atoms with Gasteiger partial charge in [0.1, 0.15) is 17.7 Å².